The van der Waals surface area contributed by atoms with Crippen molar-refractivity contribution in [3.8, 4) is 5.75 Å². The van der Waals surface area contributed by atoms with Gasteiger partial charge in [0.25, 0.3) is 5.91 Å². The number of nitrogens with zero attached hydrogens (tertiary/aromatic N) is 3. The summed E-state index contributed by atoms with van der Waals surface area (Å²) >= 11 is 0. The number of rotatable bonds is 7. The maximum absolute atomic E-state index is 12.1. The average Bonchev–Trinajstić information content (AvgIpc) is 3.30. The molecule has 2 aromatic rings. The van der Waals surface area contributed by atoms with Gasteiger partial charge in [0.15, 0.2) is 12.5 Å². The lowest BCUT2D eigenvalue weighted by Gasteiger charge is -2.09. The Morgan fingerprint density at radius 2 is 2.28 bits per heavy atom. The number of ether oxygens (including phenoxy) is 2. The minimum Gasteiger partial charge on any atom is -0.464 e. The number of carbonyl (C=O) groups is 1. The van der Waals surface area contributed by atoms with Crippen LogP contribution >= 0.6 is 0 Å². The first kappa shape index (κ1) is 16.9. The number of benzene rings is 1. The van der Waals surface area contributed by atoms with Crippen LogP contribution in [0.4, 0.5) is 5.69 Å². The molecular weight excluding hydrogens is 328 g/mol. The number of nitro groups is 1. The van der Waals surface area contributed by atoms with Crippen LogP contribution in [-0.4, -0.2) is 39.9 Å². The van der Waals surface area contributed by atoms with Crippen LogP contribution in [0, 0.1) is 10.1 Å². The van der Waals surface area contributed by atoms with Crippen molar-refractivity contribution in [2.24, 2.45) is 0 Å². The lowest BCUT2D eigenvalue weighted by Crippen LogP contribution is -2.32. The van der Waals surface area contributed by atoms with Crippen LogP contribution < -0.4 is 10.1 Å². The van der Waals surface area contributed by atoms with Gasteiger partial charge in [0.1, 0.15) is 5.69 Å². The third-order valence-electron chi connectivity index (χ3n) is 3.80. The van der Waals surface area contributed by atoms with Crippen LogP contribution in [0.5, 0.6) is 5.75 Å². The number of nitro benzene ring substituents is 1. The Morgan fingerprint density at radius 3 is 3.04 bits per heavy atom. The highest BCUT2D eigenvalue weighted by Gasteiger charge is 2.18. The minimum atomic E-state index is -0.512. The fraction of sp³-hybridized carbons (Fsp3) is 0.375. The summed E-state index contributed by atoms with van der Waals surface area (Å²) in [5, 5.41) is 17.8. The predicted octanol–water partition coefficient (Wildman–Crippen LogP) is 1.74. The molecular formula is C16H18N4O5. The van der Waals surface area contributed by atoms with Gasteiger partial charge in [-0.2, -0.15) is 5.10 Å². The second-order valence-electron chi connectivity index (χ2n) is 5.58. The zero-order chi connectivity index (χ0) is 17.6. The Bertz CT molecular complexity index is 754. The Balaban J connectivity index is 1.54. The summed E-state index contributed by atoms with van der Waals surface area (Å²) in [4.78, 5) is 22.5. The summed E-state index contributed by atoms with van der Waals surface area (Å²) in [7, 11) is 0. The first-order valence-corrected chi connectivity index (χ1v) is 7.93. The maximum atomic E-state index is 12.1. The number of hydrogen-bond donors (Lipinski definition) is 1. The number of nitrogens with one attached hydrogen (secondary N) is 1. The van der Waals surface area contributed by atoms with Gasteiger partial charge in [-0.05, 0) is 25.0 Å². The van der Waals surface area contributed by atoms with Gasteiger partial charge in [-0.15, -0.1) is 0 Å². The highest BCUT2D eigenvalue weighted by atomic mass is 16.6. The molecule has 1 saturated heterocycles. The largest absolute Gasteiger partial charge is 0.464 e. The quantitative estimate of drug-likeness (QED) is 0.604. The molecule has 9 nitrogen and oxygen atoms in total. The van der Waals surface area contributed by atoms with Gasteiger partial charge < -0.3 is 14.8 Å². The molecule has 0 bridgehead atoms. The fourth-order valence-electron chi connectivity index (χ4n) is 2.52. The summed E-state index contributed by atoms with van der Waals surface area (Å²) < 4.78 is 12.3. The van der Waals surface area contributed by atoms with Crippen LogP contribution in [-0.2, 0) is 11.5 Å². The van der Waals surface area contributed by atoms with Crippen LogP contribution in [0.1, 0.15) is 23.3 Å². The second-order valence-corrected chi connectivity index (χ2v) is 5.58. The molecule has 1 N–H and O–H groups in total. The molecule has 3 rings (SSSR count). The number of hydrogen-bond acceptors (Lipinski definition) is 6. The van der Waals surface area contributed by atoms with Crippen LogP contribution in [0.25, 0.3) is 0 Å². The molecule has 0 saturated carbocycles. The van der Waals surface area contributed by atoms with Crippen molar-refractivity contribution in [1.82, 2.24) is 15.1 Å². The van der Waals surface area contributed by atoms with E-state index < -0.39 is 4.92 Å². The maximum Gasteiger partial charge on any atom is 0.311 e. The van der Waals surface area contributed by atoms with E-state index in [1.807, 2.05) is 0 Å². The highest BCUT2D eigenvalue weighted by molar-refractivity contribution is 5.92. The van der Waals surface area contributed by atoms with Crippen molar-refractivity contribution in [1.29, 1.82) is 0 Å². The van der Waals surface area contributed by atoms with Gasteiger partial charge in [-0.3, -0.25) is 14.9 Å². The number of para-hydroxylation sites is 2. The fourth-order valence-corrected chi connectivity index (χ4v) is 2.52. The molecule has 1 amide bonds. The van der Waals surface area contributed by atoms with Gasteiger partial charge in [-0.25, -0.2) is 4.68 Å². The molecule has 0 radical (unpaired) electrons. The SMILES string of the molecule is O=C(NC[C@@H]1CCCO1)c1ccn(COc2ccccc2[N+](=O)[O-])n1. The molecule has 1 aromatic heterocycles. The van der Waals surface area contributed by atoms with Crippen molar-refractivity contribution in [2.45, 2.75) is 25.7 Å². The van der Waals surface area contributed by atoms with Crippen molar-refractivity contribution in [3.63, 3.8) is 0 Å². The van der Waals surface area contributed by atoms with Crippen molar-refractivity contribution in [3.05, 3.63) is 52.3 Å². The van der Waals surface area contributed by atoms with E-state index in [2.05, 4.69) is 10.4 Å². The van der Waals surface area contributed by atoms with Crippen molar-refractivity contribution in [2.75, 3.05) is 13.2 Å². The van der Waals surface area contributed by atoms with Gasteiger partial charge in [0.2, 0.25) is 0 Å². The lowest BCUT2D eigenvalue weighted by molar-refractivity contribution is -0.386. The van der Waals surface area contributed by atoms with Crippen LogP contribution in [0.3, 0.4) is 0 Å². The van der Waals surface area contributed by atoms with Gasteiger partial charge in [0.05, 0.1) is 11.0 Å². The number of carbonyl (C=O) groups excluding carboxylic acids is 1. The highest BCUT2D eigenvalue weighted by Crippen LogP contribution is 2.25. The number of aromatic nitrogens is 2. The van der Waals surface area contributed by atoms with Gasteiger partial charge >= 0.3 is 5.69 Å². The summed E-state index contributed by atoms with van der Waals surface area (Å²) in [6.07, 6.45) is 3.60. The summed E-state index contributed by atoms with van der Waals surface area (Å²) in [5.41, 5.74) is 0.133. The normalized spacial score (nSPS) is 16.6. The molecule has 1 aromatic carbocycles. The van der Waals surface area contributed by atoms with E-state index in [0.717, 1.165) is 19.4 Å². The molecule has 0 aliphatic carbocycles. The Hall–Kier alpha value is -2.94. The minimum absolute atomic E-state index is 0.0378. The molecule has 2 heterocycles. The van der Waals surface area contributed by atoms with Crippen LogP contribution in [0.2, 0.25) is 0 Å². The molecule has 1 aliphatic heterocycles. The molecule has 0 spiro atoms. The van der Waals surface area contributed by atoms with Crippen LogP contribution in [0.15, 0.2) is 36.5 Å². The molecule has 132 valence electrons. The molecule has 0 unspecified atom stereocenters. The second kappa shape index (κ2) is 7.75. The molecule has 1 aliphatic rings. The molecule has 1 atom stereocenters. The zero-order valence-electron chi connectivity index (χ0n) is 13.5. The Kier molecular flexibility index (Phi) is 5.24. The van der Waals surface area contributed by atoms with E-state index in [0.29, 0.717) is 6.54 Å². The number of amides is 1. The molecule has 9 heteroatoms. The molecule has 1 fully saturated rings. The topological polar surface area (TPSA) is 109 Å². The van der Waals surface area contributed by atoms with E-state index in [1.165, 1.54) is 16.8 Å². The zero-order valence-corrected chi connectivity index (χ0v) is 13.5. The summed E-state index contributed by atoms with van der Waals surface area (Å²) in [6.45, 7) is 1.15. The first-order valence-electron chi connectivity index (χ1n) is 7.93. The first-order chi connectivity index (χ1) is 12.1. The Labute approximate surface area is 143 Å². The van der Waals surface area contributed by atoms with E-state index in [9.17, 15) is 14.9 Å². The smallest absolute Gasteiger partial charge is 0.311 e. The monoisotopic (exact) mass is 346 g/mol. The summed E-state index contributed by atoms with van der Waals surface area (Å²) in [6, 6.07) is 7.65. The summed E-state index contributed by atoms with van der Waals surface area (Å²) in [5.74, 6) is -0.146. The van der Waals surface area contributed by atoms with Gasteiger partial charge in [0, 0.05) is 25.4 Å². The van der Waals surface area contributed by atoms with Gasteiger partial charge in [-0.1, -0.05) is 12.1 Å². The Morgan fingerprint density at radius 1 is 1.44 bits per heavy atom. The third kappa shape index (κ3) is 4.32. The van der Waals surface area contributed by atoms with E-state index >= 15 is 0 Å². The standard InChI is InChI=1S/C16H18N4O5/c21-16(17-10-12-4-3-9-24-12)13-7-8-19(18-13)11-25-15-6-2-1-5-14(15)20(22)23/h1-2,5-8,12H,3-4,9-11H2,(H,17,21)/t12-/m0/s1. The molecule has 25 heavy (non-hydrogen) atoms. The van der Waals surface area contributed by atoms with E-state index in [1.54, 1.807) is 24.4 Å². The lowest BCUT2D eigenvalue weighted by atomic mass is 10.2. The van der Waals surface area contributed by atoms with E-state index in [4.69, 9.17) is 9.47 Å². The van der Waals surface area contributed by atoms with Crippen molar-refractivity contribution < 1.29 is 19.2 Å². The predicted molar refractivity (Wildman–Crippen MR) is 87.3 cm³/mol. The average molecular weight is 346 g/mol. The third-order valence-corrected chi connectivity index (χ3v) is 3.80. The van der Waals surface area contributed by atoms with Crippen molar-refractivity contribution >= 4 is 11.6 Å². The van der Waals surface area contributed by atoms with E-state index in [-0.39, 0.29) is 35.9 Å².